The van der Waals surface area contributed by atoms with Crippen molar-refractivity contribution in [2.45, 2.75) is 44.6 Å². The Bertz CT molecular complexity index is 1210. The van der Waals surface area contributed by atoms with Gasteiger partial charge in [0.2, 0.25) is 0 Å². The molecule has 3 saturated heterocycles. The molecule has 10 nitrogen and oxygen atoms in total. The molecule has 2 N–H and O–H groups in total. The number of halogens is 1. The molecular formula is C29H36FN5O5. The largest absolute Gasteiger partial charge is 0.445 e. The first-order valence-electron chi connectivity index (χ1n) is 13.8. The third-order valence-electron chi connectivity index (χ3n) is 8.05. The summed E-state index contributed by atoms with van der Waals surface area (Å²) in [6.07, 6.45) is 0.0870. The molecule has 0 spiro atoms. The molecule has 2 atom stereocenters. The van der Waals surface area contributed by atoms with Crippen molar-refractivity contribution in [3.05, 3.63) is 59.9 Å². The predicted octanol–water partition coefficient (Wildman–Crippen LogP) is 2.99. The lowest BCUT2D eigenvalue weighted by atomic mass is 10.0. The zero-order chi connectivity index (χ0) is 28.2. The minimum atomic E-state index is -0.907. The van der Waals surface area contributed by atoms with Gasteiger partial charge in [0, 0.05) is 45.3 Å². The van der Waals surface area contributed by atoms with Crippen LogP contribution in [0.5, 0.6) is 0 Å². The maximum Gasteiger partial charge on any atom is 0.414 e. The molecule has 0 radical (unpaired) electrons. The van der Waals surface area contributed by atoms with Crippen molar-refractivity contribution >= 4 is 29.3 Å². The molecule has 0 bridgehead atoms. The second kappa shape index (κ2) is 12.2. The number of hydrogen-bond donors (Lipinski definition) is 1. The lowest BCUT2D eigenvalue weighted by Gasteiger charge is -2.43. The Morgan fingerprint density at radius 2 is 1.75 bits per heavy atom. The quantitative estimate of drug-likeness (QED) is 0.558. The van der Waals surface area contributed by atoms with Crippen molar-refractivity contribution in [2.75, 3.05) is 55.6 Å². The SMILES string of the molecule is CC(=O)C(N)[C@H]1CN(c2ccc(N3CCN(C4CCN(C(=O)OCc5ccccc5)CC4)CC3)c(F)c2)C(=O)O1. The lowest BCUT2D eigenvalue weighted by molar-refractivity contribution is -0.120. The van der Waals surface area contributed by atoms with Gasteiger partial charge in [-0.3, -0.25) is 14.6 Å². The third kappa shape index (κ3) is 6.20. The molecule has 2 aromatic carbocycles. The summed E-state index contributed by atoms with van der Waals surface area (Å²) in [6, 6.07) is 13.8. The van der Waals surface area contributed by atoms with Gasteiger partial charge in [-0.15, -0.1) is 0 Å². The summed E-state index contributed by atoms with van der Waals surface area (Å²) in [4.78, 5) is 43.9. The number of ether oxygens (including phenoxy) is 2. The maximum atomic E-state index is 15.2. The Hall–Kier alpha value is -3.70. The van der Waals surface area contributed by atoms with E-state index in [4.69, 9.17) is 15.2 Å². The van der Waals surface area contributed by atoms with E-state index in [1.807, 2.05) is 35.2 Å². The van der Waals surface area contributed by atoms with Crippen molar-refractivity contribution < 1.29 is 28.2 Å². The van der Waals surface area contributed by atoms with E-state index in [1.165, 1.54) is 17.9 Å². The monoisotopic (exact) mass is 553 g/mol. The molecule has 0 saturated carbocycles. The van der Waals surface area contributed by atoms with Gasteiger partial charge in [0.05, 0.1) is 17.9 Å². The number of nitrogens with two attached hydrogens (primary N) is 1. The van der Waals surface area contributed by atoms with Crippen molar-refractivity contribution in [1.82, 2.24) is 9.80 Å². The van der Waals surface area contributed by atoms with E-state index in [1.54, 1.807) is 17.0 Å². The topological polar surface area (TPSA) is 109 Å². The Labute approximate surface area is 233 Å². The summed E-state index contributed by atoms with van der Waals surface area (Å²) in [7, 11) is 0. The molecule has 5 rings (SSSR count). The summed E-state index contributed by atoms with van der Waals surface area (Å²) in [5.74, 6) is -0.687. The highest BCUT2D eigenvalue weighted by atomic mass is 19.1. The van der Waals surface area contributed by atoms with Gasteiger partial charge in [-0.05, 0) is 43.5 Å². The standard InChI is InChI=1S/C29H36FN5O5/c1-20(36)27(31)26-18-35(29(38)40-26)23-7-8-25(24(30)17-23)33-15-13-32(14-16-33)22-9-11-34(12-10-22)28(37)39-19-21-5-3-2-4-6-21/h2-8,17,22,26-27H,9-16,18-19,31H2,1H3/t26-,27?/m1/s1. The number of rotatable bonds is 7. The number of piperidine rings is 1. The zero-order valence-electron chi connectivity index (χ0n) is 22.7. The number of cyclic esters (lactones) is 1. The normalized spacial score (nSPS) is 21.3. The second-order valence-electron chi connectivity index (χ2n) is 10.6. The molecule has 40 heavy (non-hydrogen) atoms. The predicted molar refractivity (Wildman–Crippen MR) is 148 cm³/mol. The number of amides is 2. The molecule has 1 unspecified atom stereocenters. The van der Waals surface area contributed by atoms with Crippen LogP contribution in [-0.4, -0.2) is 91.8 Å². The van der Waals surface area contributed by atoms with E-state index in [9.17, 15) is 14.4 Å². The van der Waals surface area contributed by atoms with E-state index >= 15 is 4.39 Å². The Balaban J connectivity index is 1.09. The van der Waals surface area contributed by atoms with E-state index in [0.29, 0.717) is 43.6 Å². The number of ketones is 1. The van der Waals surface area contributed by atoms with Crippen molar-refractivity contribution in [3.8, 4) is 0 Å². The molecule has 2 aromatic rings. The third-order valence-corrected chi connectivity index (χ3v) is 8.05. The molecule has 3 heterocycles. The van der Waals surface area contributed by atoms with Crippen LogP contribution >= 0.6 is 0 Å². The number of likely N-dealkylation sites (tertiary alicyclic amines) is 1. The fourth-order valence-electron chi connectivity index (χ4n) is 5.62. The van der Waals surface area contributed by atoms with Crippen LogP contribution < -0.4 is 15.5 Å². The van der Waals surface area contributed by atoms with Gasteiger partial charge < -0.3 is 25.0 Å². The first-order chi connectivity index (χ1) is 19.3. The molecule has 0 aliphatic carbocycles. The minimum absolute atomic E-state index is 0.0978. The van der Waals surface area contributed by atoms with Crippen molar-refractivity contribution in [3.63, 3.8) is 0 Å². The summed E-state index contributed by atoms with van der Waals surface area (Å²) in [5, 5.41) is 0. The molecule has 2 amide bonds. The van der Waals surface area contributed by atoms with Crippen LogP contribution in [0, 0.1) is 5.82 Å². The summed E-state index contributed by atoms with van der Waals surface area (Å²) >= 11 is 0. The van der Waals surface area contributed by atoms with Crippen molar-refractivity contribution in [1.29, 1.82) is 0 Å². The number of anilines is 2. The van der Waals surface area contributed by atoms with Gasteiger partial charge >= 0.3 is 12.2 Å². The fraction of sp³-hybridized carbons (Fsp3) is 0.483. The van der Waals surface area contributed by atoms with Crippen LogP contribution in [0.4, 0.5) is 25.4 Å². The molecule has 3 aliphatic rings. The highest BCUT2D eigenvalue weighted by molar-refractivity contribution is 5.91. The van der Waals surface area contributed by atoms with Crippen LogP contribution in [0.15, 0.2) is 48.5 Å². The fourth-order valence-corrected chi connectivity index (χ4v) is 5.62. The highest BCUT2D eigenvalue weighted by Gasteiger charge is 2.38. The summed E-state index contributed by atoms with van der Waals surface area (Å²) < 4.78 is 25.9. The molecule has 3 aliphatic heterocycles. The van der Waals surface area contributed by atoms with E-state index in [-0.39, 0.29) is 25.0 Å². The average molecular weight is 554 g/mol. The van der Waals surface area contributed by atoms with Gasteiger partial charge in [0.1, 0.15) is 30.4 Å². The number of carbonyl (C=O) groups is 3. The molecule has 11 heteroatoms. The zero-order valence-corrected chi connectivity index (χ0v) is 22.7. The lowest BCUT2D eigenvalue weighted by Crippen LogP contribution is -2.54. The van der Waals surface area contributed by atoms with E-state index in [0.717, 1.165) is 31.5 Å². The van der Waals surface area contributed by atoms with Gasteiger partial charge in [-0.1, -0.05) is 30.3 Å². The van der Waals surface area contributed by atoms with Gasteiger partial charge in [0.15, 0.2) is 0 Å². The first-order valence-corrected chi connectivity index (χ1v) is 13.8. The van der Waals surface area contributed by atoms with Crippen LogP contribution in [0.1, 0.15) is 25.3 Å². The highest BCUT2D eigenvalue weighted by Crippen LogP contribution is 2.30. The van der Waals surface area contributed by atoms with Gasteiger partial charge in [-0.2, -0.15) is 0 Å². The van der Waals surface area contributed by atoms with E-state index in [2.05, 4.69) is 4.90 Å². The van der Waals surface area contributed by atoms with Crippen LogP contribution in [-0.2, 0) is 20.9 Å². The molecule has 3 fully saturated rings. The minimum Gasteiger partial charge on any atom is -0.445 e. The second-order valence-corrected chi connectivity index (χ2v) is 10.6. The number of nitrogens with zero attached hydrogens (tertiary/aromatic N) is 4. The van der Waals surface area contributed by atoms with Gasteiger partial charge in [-0.25, -0.2) is 14.0 Å². The number of hydrogen-bond acceptors (Lipinski definition) is 8. The van der Waals surface area contributed by atoms with Crippen LogP contribution in [0.3, 0.4) is 0 Å². The smallest absolute Gasteiger partial charge is 0.414 e. The van der Waals surface area contributed by atoms with Crippen LogP contribution in [0.25, 0.3) is 0 Å². The number of Topliss-reactive ketones (excluding diaryl/α,β-unsaturated/α-hetero) is 1. The maximum absolute atomic E-state index is 15.2. The molecule has 214 valence electrons. The number of piperazine rings is 1. The average Bonchev–Trinajstić information content (AvgIpc) is 3.37. The number of carbonyl (C=O) groups excluding carboxylic acids is 3. The van der Waals surface area contributed by atoms with Crippen molar-refractivity contribution in [2.24, 2.45) is 5.73 Å². The van der Waals surface area contributed by atoms with E-state index < -0.39 is 24.1 Å². The summed E-state index contributed by atoms with van der Waals surface area (Å²) in [6.45, 7) is 5.99. The number of benzene rings is 2. The Kier molecular flexibility index (Phi) is 8.51. The van der Waals surface area contributed by atoms with Gasteiger partial charge in [0.25, 0.3) is 0 Å². The molecule has 0 aromatic heterocycles. The Morgan fingerprint density at radius 1 is 1.05 bits per heavy atom. The first kappa shape index (κ1) is 27.9. The van der Waals surface area contributed by atoms with Crippen LogP contribution in [0.2, 0.25) is 0 Å². The molecular weight excluding hydrogens is 517 g/mol. The summed E-state index contributed by atoms with van der Waals surface area (Å²) in [5.41, 5.74) is 7.66. The Morgan fingerprint density at radius 3 is 2.40 bits per heavy atom.